The van der Waals surface area contributed by atoms with E-state index in [9.17, 15) is 4.79 Å². The average molecular weight is 209 g/mol. The minimum atomic E-state index is -0.361. The van der Waals surface area contributed by atoms with Crippen molar-refractivity contribution in [2.24, 2.45) is 0 Å². The van der Waals surface area contributed by atoms with Crippen LogP contribution in [0.1, 0.15) is 11.3 Å². The van der Waals surface area contributed by atoms with E-state index < -0.39 is 0 Å². The van der Waals surface area contributed by atoms with Gasteiger partial charge in [0.1, 0.15) is 11.3 Å². The Morgan fingerprint density at radius 2 is 2.14 bits per heavy atom. The number of carbonyl (C=O) groups excluding carboxylic acids is 1. The first kappa shape index (κ1) is 9.28. The zero-order valence-electron chi connectivity index (χ0n) is 7.71. The number of halogens is 1. The summed E-state index contributed by atoms with van der Waals surface area (Å²) in [7, 11) is 0. The Morgan fingerprint density at radius 3 is 2.86 bits per heavy atom. The highest BCUT2D eigenvalue weighted by Gasteiger charge is 2.12. The Labute approximate surface area is 86.5 Å². The van der Waals surface area contributed by atoms with Crippen molar-refractivity contribution in [3.63, 3.8) is 0 Å². The lowest BCUT2D eigenvalue weighted by Crippen LogP contribution is -1.93. The molecule has 3 heteroatoms. The summed E-state index contributed by atoms with van der Waals surface area (Å²) >= 11 is 5.36. The number of para-hydroxylation sites is 1. The first-order valence-electron chi connectivity index (χ1n) is 4.34. The molecule has 0 spiro atoms. The molecule has 1 aromatic carbocycles. The van der Waals surface area contributed by atoms with Crippen LogP contribution in [-0.4, -0.2) is 5.24 Å². The van der Waals surface area contributed by atoms with Gasteiger partial charge in [0.25, 0.3) is 0 Å². The van der Waals surface area contributed by atoms with Crippen molar-refractivity contribution >= 4 is 27.8 Å². The second-order valence-corrected chi connectivity index (χ2v) is 3.59. The van der Waals surface area contributed by atoms with E-state index in [1.165, 1.54) is 0 Å². The van der Waals surface area contributed by atoms with E-state index in [1.54, 1.807) is 0 Å². The van der Waals surface area contributed by atoms with Crippen LogP contribution in [0.2, 0.25) is 0 Å². The molecule has 0 aliphatic heterocycles. The number of hydrogen-bond acceptors (Lipinski definition) is 2. The standard InChI is InChI=1S/C11H9ClO2/c1-7-9(6-11(12)13)8-4-2-3-5-10(8)14-7/h2-5H,6H2,1H3. The SMILES string of the molecule is Cc1oc2ccccc2c1CC(=O)Cl. The van der Waals surface area contributed by atoms with Gasteiger partial charge in [0, 0.05) is 10.9 Å². The molecule has 0 N–H and O–H groups in total. The Hall–Kier alpha value is -1.28. The van der Waals surface area contributed by atoms with Crippen LogP contribution in [0, 0.1) is 6.92 Å². The Morgan fingerprint density at radius 1 is 1.43 bits per heavy atom. The number of benzene rings is 1. The molecule has 2 rings (SSSR count). The van der Waals surface area contributed by atoms with Gasteiger partial charge in [0.2, 0.25) is 5.24 Å². The van der Waals surface area contributed by atoms with Crippen molar-refractivity contribution in [1.82, 2.24) is 0 Å². The molecule has 0 amide bonds. The molecule has 1 heterocycles. The summed E-state index contributed by atoms with van der Waals surface area (Å²) in [6.07, 6.45) is 0.227. The topological polar surface area (TPSA) is 30.2 Å². The highest BCUT2D eigenvalue weighted by Crippen LogP contribution is 2.25. The van der Waals surface area contributed by atoms with Crippen molar-refractivity contribution in [3.8, 4) is 0 Å². The van der Waals surface area contributed by atoms with Crippen molar-refractivity contribution < 1.29 is 9.21 Å². The number of furan rings is 1. The summed E-state index contributed by atoms with van der Waals surface area (Å²) < 4.78 is 5.49. The normalized spacial score (nSPS) is 10.7. The molecule has 0 aliphatic carbocycles. The third-order valence-electron chi connectivity index (χ3n) is 2.22. The summed E-state index contributed by atoms with van der Waals surface area (Å²) in [5.74, 6) is 0.764. The van der Waals surface area contributed by atoms with Crippen LogP contribution in [0.25, 0.3) is 11.0 Å². The molecule has 0 radical (unpaired) electrons. The summed E-state index contributed by atoms with van der Waals surface area (Å²) in [6, 6.07) is 7.63. The molecule has 0 saturated heterocycles. The fourth-order valence-electron chi connectivity index (χ4n) is 1.58. The maximum absolute atomic E-state index is 10.8. The zero-order chi connectivity index (χ0) is 10.1. The number of hydrogen-bond donors (Lipinski definition) is 0. The largest absolute Gasteiger partial charge is 0.461 e. The van der Waals surface area contributed by atoms with Crippen LogP contribution in [0.3, 0.4) is 0 Å². The van der Waals surface area contributed by atoms with E-state index in [0.29, 0.717) is 0 Å². The molecule has 2 aromatic rings. The molecule has 0 fully saturated rings. The summed E-state index contributed by atoms with van der Waals surface area (Å²) in [5, 5.41) is 0.610. The van der Waals surface area contributed by atoms with Gasteiger partial charge in [-0.1, -0.05) is 18.2 Å². The quantitative estimate of drug-likeness (QED) is 0.710. The zero-order valence-corrected chi connectivity index (χ0v) is 8.47. The molecule has 14 heavy (non-hydrogen) atoms. The number of carbonyl (C=O) groups is 1. The molecule has 0 aliphatic rings. The van der Waals surface area contributed by atoms with E-state index in [0.717, 1.165) is 22.3 Å². The molecule has 0 unspecified atom stereocenters. The van der Waals surface area contributed by atoms with Gasteiger partial charge < -0.3 is 4.42 Å². The van der Waals surface area contributed by atoms with Gasteiger partial charge in [-0.15, -0.1) is 0 Å². The summed E-state index contributed by atoms with van der Waals surface area (Å²) in [5.41, 5.74) is 1.69. The van der Waals surface area contributed by atoms with E-state index in [4.69, 9.17) is 16.0 Å². The molecule has 0 bridgehead atoms. The van der Waals surface area contributed by atoms with E-state index >= 15 is 0 Å². The average Bonchev–Trinajstić information content (AvgIpc) is 2.43. The Kier molecular flexibility index (Phi) is 2.30. The third-order valence-corrected chi connectivity index (χ3v) is 2.35. The predicted molar refractivity (Wildman–Crippen MR) is 55.5 cm³/mol. The maximum Gasteiger partial charge on any atom is 0.226 e. The van der Waals surface area contributed by atoms with E-state index in [1.807, 2.05) is 31.2 Å². The molecule has 2 nitrogen and oxygen atoms in total. The number of fused-ring (bicyclic) bond motifs is 1. The van der Waals surface area contributed by atoms with Crippen LogP contribution in [0.5, 0.6) is 0 Å². The molecule has 0 saturated carbocycles. The molecule has 72 valence electrons. The van der Waals surface area contributed by atoms with Gasteiger partial charge in [-0.3, -0.25) is 4.79 Å². The molecular weight excluding hydrogens is 200 g/mol. The Balaban J connectivity index is 2.62. The van der Waals surface area contributed by atoms with Crippen LogP contribution < -0.4 is 0 Å². The lowest BCUT2D eigenvalue weighted by atomic mass is 10.1. The minimum absolute atomic E-state index is 0.227. The smallest absolute Gasteiger partial charge is 0.226 e. The number of aryl methyl sites for hydroxylation is 1. The van der Waals surface area contributed by atoms with Crippen LogP contribution in [-0.2, 0) is 11.2 Å². The van der Waals surface area contributed by atoms with Gasteiger partial charge in [-0.25, -0.2) is 0 Å². The van der Waals surface area contributed by atoms with Gasteiger partial charge in [0.05, 0.1) is 6.42 Å². The second-order valence-electron chi connectivity index (χ2n) is 3.16. The van der Waals surface area contributed by atoms with E-state index in [-0.39, 0.29) is 11.7 Å². The molecule has 0 atom stereocenters. The van der Waals surface area contributed by atoms with Crippen LogP contribution >= 0.6 is 11.6 Å². The van der Waals surface area contributed by atoms with Gasteiger partial charge in [0.15, 0.2) is 0 Å². The Bertz CT molecular complexity index is 485. The van der Waals surface area contributed by atoms with Gasteiger partial charge >= 0.3 is 0 Å². The minimum Gasteiger partial charge on any atom is -0.461 e. The van der Waals surface area contributed by atoms with Crippen molar-refractivity contribution in [1.29, 1.82) is 0 Å². The second kappa shape index (κ2) is 3.46. The van der Waals surface area contributed by atoms with Crippen molar-refractivity contribution in [2.45, 2.75) is 13.3 Å². The maximum atomic E-state index is 10.8. The van der Waals surface area contributed by atoms with Crippen molar-refractivity contribution in [3.05, 3.63) is 35.6 Å². The van der Waals surface area contributed by atoms with E-state index in [2.05, 4.69) is 0 Å². The number of rotatable bonds is 2. The van der Waals surface area contributed by atoms with Crippen molar-refractivity contribution in [2.75, 3.05) is 0 Å². The van der Waals surface area contributed by atoms with Gasteiger partial charge in [-0.05, 0) is 24.6 Å². The third kappa shape index (κ3) is 1.53. The summed E-state index contributed by atoms with van der Waals surface area (Å²) in [6.45, 7) is 1.84. The fraction of sp³-hybridized carbons (Fsp3) is 0.182. The highest BCUT2D eigenvalue weighted by molar-refractivity contribution is 6.63. The lowest BCUT2D eigenvalue weighted by Gasteiger charge is -1.93. The molecule has 1 aromatic heterocycles. The lowest BCUT2D eigenvalue weighted by molar-refractivity contribution is -0.111. The first-order chi connectivity index (χ1) is 6.68. The summed E-state index contributed by atoms with van der Waals surface area (Å²) in [4.78, 5) is 10.8. The highest BCUT2D eigenvalue weighted by atomic mass is 35.5. The molecular formula is C11H9ClO2. The van der Waals surface area contributed by atoms with Crippen LogP contribution in [0.4, 0.5) is 0 Å². The fourth-order valence-corrected chi connectivity index (χ4v) is 1.71. The van der Waals surface area contributed by atoms with Crippen LogP contribution in [0.15, 0.2) is 28.7 Å². The van der Waals surface area contributed by atoms with Gasteiger partial charge in [-0.2, -0.15) is 0 Å². The first-order valence-corrected chi connectivity index (χ1v) is 4.71. The monoisotopic (exact) mass is 208 g/mol. The predicted octanol–water partition coefficient (Wildman–Crippen LogP) is 3.05.